The van der Waals surface area contributed by atoms with Gasteiger partial charge in [-0.05, 0) is 48.7 Å². The number of nitrogens with zero attached hydrogens (tertiary/aromatic N) is 2. The number of hydrogen-bond donors (Lipinski definition) is 2. The highest BCUT2D eigenvalue weighted by molar-refractivity contribution is 7.93. The smallest absolute Gasteiger partial charge is 0.263 e. The zero-order valence-electron chi connectivity index (χ0n) is 15.5. The van der Waals surface area contributed by atoms with Crippen LogP contribution in [0.1, 0.15) is 5.69 Å². The van der Waals surface area contributed by atoms with Crippen LogP contribution in [0.4, 0.5) is 10.8 Å². The Balaban J connectivity index is 1.46. The highest BCUT2D eigenvalue weighted by atomic mass is 32.2. The Morgan fingerprint density at radius 1 is 1.14 bits per heavy atom. The quantitative estimate of drug-likeness (QED) is 0.490. The summed E-state index contributed by atoms with van der Waals surface area (Å²) in [5.74, 6) is -0.189. The number of nitrogens with one attached hydrogen (secondary N) is 2. The van der Waals surface area contributed by atoms with Crippen LogP contribution in [0.25, 0.3) is 10.9 Å². The third-order valence-corrected chi connectivity index (χ3v) is 6.59. The lowest BCUT2D eigenvalue weighted by atomic mass is 10.2. The number of para-hydroxylation sites is 1. The van der Waals surface area contributed by atoms with Gasteiger partial charge in [-0.15, -0.1) is 11.3 Å². The molecule has 0 aliphatic heterocycles. The number of fused-ring (bicyclic) bond motifs is 1. The molecule has 29 heavy (non-hydrogen) atoms. The molecule has 0 unspecified atom stereocenters. The van der Waals surface area contributed by atoms with Crippen molar-refractivity contribution in [2.75, 3.05) is 10.0 Å². The van der Waals surface area contributed by atoms with Crippen molar-refractivity contribution in [3.05, 3.63) is 71.9 Å². The van der Waals surface area contributed by atoms with Crippen molar-refractivity contribution in [1.82, 2.24) is 9.55 Å². The van der Waals surface area contributed by atoms with Crippen molar-refractivity contribution in [3.63, 3.8) is 0 Å². The fourth-order valence-corrected chi connectivity index (χ4v) is 4.86. The summed E-state index contributed by atoms with van der Waals surface area (Å²) in [4.78, 5) is 16.5. The van der Waals surface area contributed by atoms with E-state index in [4.69, 9.17) is 0 Å². The minimum absolute atomic E-state index is 0.0953. The van der Waals surface area contributed by atoms with Crippen molar-refractivity contribution in [3.8, 4) is 0 Å². The molecule has 148 valence electrons. The lowest BCUT2D eigenvalue weighted by molar-refractivity contribution is -0.116. The van der Waals surface area contributed by atoms with E-state index < -0.39 is 10.0 Å². The van der Waals surface area contributed by atoms with Gasteiger partial charge in [0.15, 0.2) is 5.13 Å². The Bertz CT molecular complexity index is 1260. The first kappa shape index (κ1) is 19.2. The summed E-state index contributed by atoms with van der Waals surface area (Å²) in [6.45, 7) is 2.13. The first-order valence-corrected chi connectivity index (χ1v) is 11.2. The molecule has 0 radical (unpaired) electrons. The minimum Gasteiger partial charge on any atom is -0.335 e. The lowest BCUT2D eigenvalue weighted by Crippen LogP contribution is -2.19. The normalized spacial score (nSPS) is 11.5. The SMILES string of the molecule is Cc1cc2ccccc2n1CC(=O)Nc1ccc(S(=O)(=O)Nc2nccs2)cc1. The van der Waals surface area contributed by atoms with Gasteiger partial charge in [0.25, 0.3) is 10.0 Å². The monoisotopic (exact) mass is 426 g/mol. The first-order chi connectivity index (χ1) is 13.9. The second kappa shape index (κ2) is 7.69. The first-order valence-electron chi connectivity index (χ1n) is 8.79. The van der Waals surface area contributed by atoms with Gasteiger partial charge >= 0.3 is 0 Å². The molecule has 0 bridgehead atoms. The molecular weight excluding hydrogens is 408 g/mol. The third kappa shape index (κ3) is 4.15. The predicted octanol–water partition coefficient (Wildman–Crippen LogP) is 3.85. The van der Waals surface area contributed by atoms with E-state index in [1.54, 1.807) is 17.5 Å². The van der Waals surface area contributed by atoms with Crippen LogP contribution in [0.5, 0.6) is 0 Å². The zero-order chi connectivity index (χ0) is 20.4. The van der Waals surface area contributed by atoms with Crippen molar-refractivity contribution in [1.29, 1.82) is 0 Å². The van der Waals surface area contributed by atoms with Crippen molar-refractivity contribution >= 4 is 49.0 Å². The van der Waals surface area contributed by atoms with Gasteiger partial charge in [-0.2, -0.15) is 0 Å². The maximum absolute atomic E-state index is 12.5. The molecule has 4 rings (SSSR count). The number of thiazole rings is 1. The number of aromatic nitrogens is 2. The number of carbonyl (C=O) groups excluding carboxylic acids is 1. The van der Waals surface area contributed by atoms with E-state index in [2.05, 4.69) is 15.0 Å². The summed E-state index contributed by atoms with van der Waals surface area (Å²) in [6.07, 6.45) is 1.52. The number of aryl methyl sites for hydroxylation is 1. The standard InChI is InChI=1S/C20H18N4O3S2/c1-14-12-15-4-2-3-5-18(15)24(14)13-19(25)22-16-6-8-17(9-7-16)29(26,27)23-20-21-10-11-28-20/h2-12H,13H2,1H3,(H,21,23)(H,22,25). The molecule has 0 spiro atoms. The van der Waals surface area contributed by atoms with Crippen molar-refractivity contribution in [2.24, 2.45) is 0 Å². The largest absolute Gasteiger partial charge is 0.335 e. The van der Waals surface area contributed by atoms with Crippen LogP contribution in [0.2, 0.25) is 0 Å². The fourth-order valence-electron chi connectivity index (χ4n) is 3.07. The molecule has 2 aromatic carbocycles. The van der Waals surface area contributed by atoms with Crippen LogP contribution in [0.3, 0.4) is 0 Å². The van der Waals surface area contributed by atoms with Crippen molar-refractivity contribution in [2.45, 2.75) is 18.4 Å². The number of amides is 1. The summed E-state index contributed by atoms with van der Waals surface area (Å²) in [6, 6.07) is 16.0. The predicted molar refractivity (Wildman–Crippen MR) is 115 cm³/mol. The maximum Gasteiger partial charge on any atom is 0.263 e. The van der Waals surface area contributed by atoms with Gasteiger partial charge in [0.05, 0.1) is 4.90 Å². The lowest BCUT2D eigenvalue weighted by Gasteiger charge is -2.10. The average Bonchev–Trinajstić information content (AvgIpc) is 3.30. The van der Waals surface area contributed by atoms with Crippen LogP contribution < -0.4 is 10.0 Å². The Hall–Kier alpha value is -3.17. The maximum atomic E-state index is 12.5. The van der Waals surface area contributed by atoms with E-state index in [9.17, 15) is 13.2 Å². The molecule has 0 aliphatic carbocycles. The molecule has 9 heteroatoms. The number of hydrogen-bond acceptors (Lipinski definition) is 5. The highest BCUT2D eigenvalue weighted by Crippen LogP contribution is 2.21. The minimum atomic E-state index is -3.72. The number of sulfonamides is 1. The molecule has 0 saturated carbocycles. The van der Waals surface area contributed by atoms with Gasteiger partial charge in [-0.25, -0.2) is 13.4 Å². The van der Waals surface area contributed by atoms with Gasteiger partial charge < -0.3 is 9.88 Å². The summed E-state index contributed by atoms with van der Waals surface area (Å²) in [5, 5.41) is 5.88. The number of anilines is 2. The third-order valence-electron chi connectivity index (χ3n) is 4.42. The van der Waals surface area contributed by atoms with Crippen LogP contribution in [0.15, 0.2) is 71.1 Å². The van der Waals surface area contributed by atoms with Crippen LogP contribution >= 0.6 is 11.3 Å². The van der Waals surface area contributed by atoms with Gasteiger partial charge in [-0.3, -0.25) is 9.52 Å². The Kier molecular flexibility index (Phi) is 5.08. The number of benzene rings is 2. The van der Waals surface area contributed by atoms with E-state index >= 15 is 0 Å². The molecule has 0 aliphatic rings. The number of rotatable bonds is 6. The van der Waals surface area contributed by atoms with Crippen LogP contribution in [-0.2, 0) is 21.4 Å². The van der Waals surface area contributed by atoms with Gasteiger partial charge in [0.2, 0.25) is 5.91 Å². The molecular formula is C20H18N4O3S2. The van der Waals surface area contributed by atoms with Crippen LogP contribution in [-0.4, -0.2) is 23.9 Å². The molecule has 0 saturated heterocycles. The average molecular weight is 427 g/mol. The Morgan fingerprint density at radius 3 is 2.62 bits per heavy atom. The Morgan fingerprint density at radius 2 is 1.90 bits per heavy atom. The Labute approximate surface area is 172 Å². The van der Waals surface area contributed by atoms with Crippen molar-refractivity contribution < 1.29 is 13.2 Å². The number of carbonyl (C=O) groups is 1. The van der Waals surface area contributed by atoms with E-state index in [-0.39, 0.29) is 17.3 Å². The molecule has 2 aromatic heterocycles. The van der Waals surface area contributed by atoms with Gasteiger partial charge in [0, 0.05) is 28.5 Å². The molecule has 2 N–H and O–H groups in total. The topological polar surface area (TPSA) is 93.1 Å². The van der Waals surface area contributed by atoms with E-state index in [0.717, 1.165) is 16.6 Å². The molecule has 0 fully saturated rings. The van der Waals surface area contributed by atoms with E-state index in [1.165, 1.54) is 29.7 Å². The van der Waals surface area contributed by atoms with Gasteiger partial charge in [-0.1, -0.05) is 18.2 Å². The molecule has 0 atom stereocenters. The van der Waals surface area contributed by atoms with E-state index in [1.807, 2.05) is 41.8 Å². The zero-order valence-corrected chi connectivity index (χ0v) is 17.1. The molecule has 2 heterocycles. The molecule has 1 amide bonds. The second-order valence-electron chi connectivity index (χ2n) is 6.45. The fraction of sp³-hybridized carbons (Fsp3) is 0.100. The summed E-state index contributed by atoms with van der Waals surface area (Å²) >= 11 is 1.20. The summed E-state index contributed by atoms with van der Waals surface area (Å²) < 4.78 is 29.1. The van der Waals surface area contributed by atoms with Gasteiger partial charge in [0.1, 0.15) is 6.54 Å². The second-order valence-corrected chi connectivity index (χ2v) is 9.02. The summed E-state index contributed by atoms with van der Waals surface area (Å²) in [7, 11) is -3.72. The molecule has 7 nitrogen and oxygen atoms in total. The summed E-state index contributed by atoms with van der Waals surface area (Å²) in [5.41, 5.74) is 2.52. The molecule has 4 aromatic rings. The van der Waals surface area contributed by atoms with Crippen LogP contribution in [0, 0.1) is 6.92 Å². The highest BCUT2D eigenvalue weighted by Gasteiger charge is 2.16. The van der Waals surface area contributed by atoms with E-state index in [0.29, 0.717) is 10.8 Å².